The topological polar surface area (TPSA) is 12.0 Å². The molecule has 15 heavy (non-hydrogen) atoms. The van der Waals surface area contributed by atoms with Gasteiger partial charge >= 0.3 is 0 Å². The van der Waals surface area contributed by atoms with Gasteiger partial charge in [0.15, 0.2) is 0 Å². The second kappa shape index (κ2) is 4.27. The predicted molar refractivity (Wildman–Crippen MR) is 55.8 cm³/mol. The van der Waals surface area contributed by atoms with Crippen molar-refractivity contribution in [1.82, 2.24) is 5.32 Å². The second-order valence-corrected chi connectivity index (χ2v) is 4.14. The first-order valence-electron chi connectivity index (χ1n) is 5.34. The van der Waals surface area contributed by atoms with E-state index in [2.05, 4.69) is 5.32 Å². The van der Waals surface area contributed by atoms with Crippen LogP contribution in [0.5, 0.6) is 0 Å². The summed E-state index contributed by atoms with van der Waals surface area (Å²) >= 11 is 0. The number of rotatable bonds is 2. The molecular weight excluding hydrogens is 196 g/mol. The van der Waals surface area contributed by atoms with Crippen molar-refractivity contribution in [3.8, 4) is 0 Å². The third-order valence-electron chi connectivity index (χ3n) is 3.20. The maximum absolute atomic E-state index is 13.1. The molecule has 1 saturated carbocycles. The zero-order valence-electron chi connectivity index (χ0n) is 8.76. The summed E-state index contributed by atoms with van der Waals surface area (Å²) in [5, 5.41) is 3.21. The lowest BCUT2D eigenvalue weighted by molar-refractivity contribution is 0.512. The molecule has 1 aliphatic rings. The first-order chi connectivity index (χ1) is 7.20. The summed E-state index contributed by atoms with van der Waals surface area (Å²) in [4.78, 5) is 0. The zero-order chi connectivity index (χ0) is 10.8. The van der Waals surface area contributed by atoms with Crippen LogP contribution in [0.3, 0.4) is 0 Å². The standard InChI is InChI=1S/C12H15F2N/c1-15-12-4-2-3-11(12)8-5-9(13)7-10(14)6-8/h5-7,11-12,15H,2-4H2,1H3/t11-,12?/m1/s1. The molecule has 2 rings (SSSR count). The van der Waals surface area contributed by atoms with Crippen LogP contribution in [0.2, 0.25) is 0 Å². The van der Waals surface area contributed by atoms with Crippen molar-refractivity contribution in [2.45, 2.75) is 31.2 Å². The quantitative estimate of drug-likeness (QED) is 0.793. The first kappa shape index (κ1) is 10.6. The van der Waals surface area contributed by atoms with Gasteiger partial charge in [0.05, 0.1) is 0 Å². The fraction of sp³-hybridized carbons (Fsp3) is 0.500. The van der Waals surface area contributed by atoms with E-state index in [1.165, 1.54) is 12.1 Å². The Morgan fingerprint density at radius 1 is 1.13 bits per heavy atom. The number of halogens is 2. The summed E-state index contributed by atoms with van der Waals surface area (Å²) in [6.07, 6.45) is 3.21. The molecule has 0 aliphatic heterocycles. The van der Waals surface area contributed by atoms with Gasteiger partial charge in [-0.25, -0.2) is 8.78 Å². The number of likely N-dealkylation sites (N-methyl/N-ethyl adjacent to an activating group) is 1. The average Bonchev–Trinajstić information content (AvgIpc) is 2.63. The Labute approximate surface area is 88.5 Å². The third kappa shape index (κ3) is 2.17. The molecule has 0 heterocycles. The zero-order valence-corrected chi connectivity index (χ0v) is 8.76. The van der Waals surface area contributed by atoms with Gasteiger partial charge in [0, 0.05) is 12.1 Å². The molecule has 1 fully saturated rings. The van der Waals surface area contributed by atoms with Crippen LogP contribution in [0.15, 0.2) is 18.2 Å². The maximum Gasteiger partial charge on any atom is 0.126 e. The van der Waals surface area contributed by atoms with E-state index in [1.54, 1.807) is 0 Å². The van der Waals surface area contributed by atoms with Crippen LogP contribution >= 0.6 is 0 Å². The van der Waals surface area contributed by atoms with E-state index in [0.29, 0.717) is 6.04 Å². The van der Waals surface area contributed by atoms with Crippen molar-refractivity contribution < 1.29 is 8.78 Å². The van der Waals surface area contributed by atoms with Crippen molar-refractivity contribution in [1.29, 1.82) is 0 Å². The van der Waals surface area contributed by atoms with Crippen molar-refractivity contribution in [2.24, 2.45) is 0 Å². The summed E-state index contributed by atoms with van der Waals surface area (Å²) in [5.41, 5.74) is 0.782. The number of hydrogen-bond donors (Lipinski definition) is 1. The molecule has 0 aromatic heterocycles. The van der Waals surface area contributed by atoms with Crippen LogP contribution in [0.4, 0.5) is 8.78 Å². The Morgan fingerprint density at radius 2 is 1.80 bits per heavy atom. The van der Waals surface area contributed by atoms with E-state index in [4.69, 9.17) is 0 Å². The third-order valence-corrected chi connectivity index (χ3v) is 3.20. The van der Waals surface area contributed by atoms with E-state index < -0.39 is 11.6 Å². The van der Waals surface area contributed by atoms with Crippen molar-refractivity contribution >= 4 is 0 Å². The molecule has 82 valence electrons. The van der Waals surface area contributed by atoms with Gasteiger partial charge in [-0.2, -0.15) is 0 Å². The first-order valence-corrected chi connectivity index (χ1v) is 5.34. The van der Waals surface area contributed by atoms with E-state index in [0.717, 1.165) is 30.9 Å². The van der Waals surface area contributed by atoms with Gasteiger partial charge in [-0.15, -0.1) is 0 Å². The van der Waals surface area contributed by atoms with Crippen molar-refractivity contribution in [2.75, 3.05) is 7.05 Å². The molecule has 1 aromatic rings. The fourth-order valence-corrected chi connectivity index (χ4v) is 2.49. The molecule has 1 N–H and O–H groups in total. The summed E-state index contributed by atoms with van der Waals surface area (Å²) in [6.45, 7) is 0. The highest BCUT2D eigenvalue weighted by Crippen LogP contribution is 2.34. The van der Waals surface area contributed by atoms with Gasteiger partial charge in [-0.3, -0.25) is 0 Å². The van der Waals surface area contributed by atoms with Crippen LogP contribution in [-0.4, -0.2) is 13.1 Å². The van der Waals surface area contributed by atoms with E-state index in [1.807, 2.05) is 7.05 Å². The minimum atomic E-state index is -0.480. The number of nitrogens with one attached hydrogen (secondary N) is 1. The maximum atomic E-state index is 13.1. The lowest BCUT2D eigenvalue weighted by Gasteiger charge is -2.19. The lowest BCUT2D eigenvalue weighted by Crippen LogP contribution is -2.27. The number of hydrogen-bond acceptors (Lipinski definition) is 1. The summed E-state index contributed by atoms with van der Waals surface area (Å²) < 4.78 is 26.1. The van der Waals surface area contributed by atoms with Crippen LogP contribution < -0.4 is 5.32 Å². The van der Waals surface area contributed by atoms with E-state index in [9.17, 15) is 8.78 Å². The summed E-state index contributed by atoms with van der Waals surface area (Å²) in [6, 6.07) is 4.17. The van der Waals surface area contributed by atoms with Gasteiger partial charge < -0.3 is 5.32 Å². The molecule has 1 aromatic carbocycles. The van der Waals surface area contributed by atoms with Gasteiger partial charge in [-0.05, 0) is 43.5 Å². The number of benzene rings is 1. The Morgan fingerprint density at radius 3 is 2.40 bits per heavy atom. The van der Waals surface area contributed by atoms with Crippen LogP contribution in [0.1, 0.15) is 30.7 Å². The highest BCUT2D eigenvalue weighted by molar-refractivity contribution is 5.24. The highest BCUT2D eigenvalue weighted by atomic mass is 19.1. The Balaban J connectivity index is 2.28. The minimum absolute atomic E-state index is 0.250. The van der Waals surface area contributed by atoms with Crippen LogP contribution in [0.25, 0.3) is 0 Å². The summed E-state index contributed by atoms with van der Waals surface area (Å²) in [7, 11) is 1.90. The predicted octanol–water partition coefficient (Wildman–Crippen LogP) is 2.82. The minimum Gasteiger partial charge on any atom is -0.316 e. The smallest absolute Gasteiger partial charge is 0.126 e. The fourth-order valence-electron chi connectivity index (χ4n) is 2.49. The molecule has 1 unspecified atom stereocenters. The summed E-state index contributed by atoms with van der Waals surface area (Å²) in [5.74, 6) is -0.710. The van der Waals surface area contributed by atoms with Crippen molar-refractivity contribution in [3.63, 3.8) is 0 Å². The van der Waals surface area contributed by atoms with Crippen LogP contribution in [-0.2, 0) is 0 Å². The molecule has 0 radical (unpaired) electrons. The van der Waals surface area contributed by atoms with Gasteiger partial charge in [0.25, 0.3) is 0 Å². The molecule has 0 saturated heterocycles. The lowest BCUT2D eigenvalue weighted by atomic mass is 9.94. The Bertz CT molecular complexity index is 331. The van der Waals surface area contributed by atoms with Crippen LogP contribution in [0, 0.1) is 11.6 Å². The highest BCUT2D eigenvalue weighted by Gasteiger charge is 2.27. The molecule has 1 aliphatic carbocycles. The molecule has 0 spiro atoms. The Kier molecular flexibility index (Phi) is 3.00. The van der Waals surface area contributed by atoms with Crippen molar-refractivity contribution in [3.05, 3.63) is 35.4 Å². The SMILES string of the molecule is CNC1CCC[C@@H]1c1cc(F)cc(F)c1. The molecule has 2 atom stereocenters. The average molecular weight is 211 g/mol. The monoisotopic (exact) mass is 211 g/mol. The molecule has 0 bridgehead atoms. The van der Waals surface area contributed by atoms with Gasteiger partial charge in [0.1, 0.15) is 11.6 Å². The van der Waals surface area contributed by atoms with Gasteiger partial charge in [-0.1, -0.05) is 6.42 Å². The van der Waals surface area contributed by atoms with Gasteiger partial charge in [0.2, 0.25) is 0 Å². The normalized spacial score (nSPS) is 25.8. The second-order valence-electron chi connectivity index (χ2n) is 4.14. The largest absolute Gasteiger partial charge is 0.316 e. The molecule has 3 heteroatoms. The van der Waals surface area contributed by atoms with E-state index in [-0.39, 0.29) is 5.92 Å². The Hall–Kier alpha value is -0.960. The molecular formula is C12H15F2N. The molecule has 1 nitrogen and oxygen atoms in total. The van der Waals surface area contributed by atoms with E-state index >= 15 is 0 Å². The molecule has 0 amide bonds.